The molecule has 0 saturated heterocycles. The van der Waals surface area contributed by atoms with Gasteiger partial charge in [-0.15, -0.1) is 0 Å². The molecule has 1 aromatic rings. The van der Waals surface area contributed by atoms with Gasteiger partial charge in [-0.25, -0.2) is 0 Å². The Labute approximate surface area is 110 Å². The fourth-order valence-corrected chi connectivity index (χ4v) is 2.51. The lowest BCUT2D eigenvalue weighted by molar-refractivity contribution is 0.288. The first-order valence-electron chi connectivity index (χ1n) is 6.79. The molecule has 1 aliphatic carbocycles. The van der Waals surface area contributed by atoms with Crippen LogP contribution in [-0.4, -0.2) is 36.7 Å². The van der Waals surface area contributed by atoms with Crippen LogP contribution < -0.4 is 5.32 Å². The topological polar surface area (TPSA) is 35.5 Å². The number of nitrogens with one attached hydrogen (secondary N) is 1. The maximum absolute atomic E-state index is 9.54. The van der Waals surface area contributed by atoms with Crippen LogP contribution in [0.3, 0.4) is 0 Å². The number of phenols is 1. The molecule has 2 unspecified atom stereocenters. The number of likely N-dealkylation sites (N-methyl/N-ethyl adjacent to an activating group) is 1. The molecule has 0 spiro atoms. The lowest BCUT2D eigenvalue weighted by atomic mass is 9.87. The van der Waals surface area contributed by atoms with Gasteiger partial charge in [-0.1, -0.05) is 6.07 Å². The Bertz CT molecular complexity index is 403. The normalized spacial score (nSPS) is 20.8. The van der Waals surface area contributed by atoms with Crippen molar-refractivity contribution >= 4 is 0 Å². The molecule has 100 valence electrons. The Balaban J connectivity index is 2.04. The van der Waals surface area contributed by atoms with E-state index in [1.807, 2.05) is 6.07 Å². The molecule has 0 radical (unpaired) electrons. The van der Waals surface area contributed by atoms with E-state index in [0.29, 0.717) is 17.8 Å². The molecule has 1 aliphatic rings. The molecule has 1 aromatic carbocycles. The van der Waals surface area contributed by atoms with Crippen molar-refractivity contribution in [3.63, 3.8) is 0 Å². The second-order valence-electron chi connectivity index (χ2n) is 5.55. The summed E-state index contributed by atoms with van der Waals surface area (Å²) in [6, 6.07) is 6.76. The van der Waals surface area contributed by atoms with Gasteiger partial charge in [0, 0.05) is 18.6 Å². The zero-order chi connectivity index (χ0) is 13.1. The monoisotopic (exact) mass is 248 g/mol. The standard InChI is InChI=1S/C15H24N2O/c1-11(17(2)3)10-16-15-6-4-5-12-9-13(18)7-8-14(12)15/h7-9,11,15-16,18H,4-6,10H2,1-3H3. The fourth-order valence-electron chi connectivity index (χ4n) is 2.51. The third kappa shape index (κ3) is 3.03. The van der Waals surface area contributed by atoms with Gasteiger partial charge in [0.05, 0.1) is 0 Å². The molecule has 0 bridgehead atoms. The first-order valence-corrected chi connectivity index (χ1v) is 6.79. The predicted molar refractivity (Wildman–Crippen MR) is 74.9 cm³/mol. The van der Waals surface area contributed by atoms with Gasteiger partial charge in [-0.2, -0.15) is 0 Å². The van der Waals surface area contributed by atoms with Crippen molar-refractivity contribution in [3.8, 4) is 5.75 Å². The summed E-state index contributed by atoms with van der Waals surface area (Å²) in [6.07, 6.45) is 3.48. The molecule has 0 saturated carbocycles. The number of nitrogens with zero attached hydrogens (tertiary/aromatic N) is 1. The molecule has 0 heterocycles. The second kappa shape index (κ2) is 5.72. The Morgan fingerprint density at radius 2 is 2.22 bits per heavy atom. The minimum absolute atomic E-state index is 0.385. The lowest BCUT2D eigenvalue weighted by Crippen LogP contribution is -2.38. The third-order valence-electron chi connectivity index (χ3n) is 3.98. The molecule has 3 nitrogen and oxygen atoms in total. The van der Waals surface area contributed by atoms with Crippen molar-refractivity contribution in [2.24, 2.45) is 0 Å². The summed E-state index contributed by atoms with van der Waals surface area (Å²) in [7, 11) is 4.22. The van der Waals surface area contributed by atoms with E-state index in [9.17, 15) is 5.11 Å². The van der Waals surface area contributed by atoms with E-state index in [2.05, 4.69) is 37.3 Å². The van der Waals surface area contributed by atoms with Crippen molar-refractivity contribution in [2.75, 3.05) is 20.6 Å². The van der Waals surface area contributed by atoms with Gasteiger partial charge in [0.2, 0.25) is 0 Å². The highest BCUT2D eigenvalue weighted by Gasteiger charge is 2.20. The molecule has 2 atom stereocenters. The maximum Gasteiger partial charge on any atom is 0.115 e. The number of rotatable bonds is 4. The van der Waals surface area contributed by atoms with Crippen molar-refractivity contribution < 1.29 is 5.11 Å². The number of hydrogen-bond acceptors (Lipinski definition) is 3. The molecule has 0 amide bonds. The largest absolute Gasteiger partial charge is 0.508 e. The lowest BCUT2D eigenvalue weighted by Gasteiger charge is -2.29. The number of benzene rings is 1. The van der Waals surface area contributed by atoms with E-state index in [1.165, 1.54) is 24.0 Å². The van der Waals surface area contributed by atoms with Crippen molar-refractivity contribution in [3.05, 3.63) is 29.3 Å². The number of fused-ring (bicyclic) bond motifs is 1. The van der Waals surface area contributed by atoms with Gasteiger partial charge < -0.3 is 15.3 Å². The summed E-state index contributed by atoms with van der Waals surface area (Å²) in [4.78, 5) is 2.23. The predicted octanol–water partition coefficient (Wildman–Crippen LogP) is 2.31. The minimum Gasteiger partial charge on any atom is -0.508 e. The van der Waals surface area contributed by atoms with Crippen LogP contribution in [0.15, 0.2) is 18.2 Å². The zero-order valence-electron chi connectivity index (χ0n) is 11.6. The van der Waals surface area contributed by atoms with Gasteiger partial charge >= 0.3 is 0 Å². The summed E-state index contributed by atoms with van der Waals surface area (Å²) in [6.45, 7) is 3.23. The molecule has 0 aliphatic heterocycles. The molecular weight excluding hydrogens is 224 g/mol. The summed E-state index contributed by atoms with van der Waals surface area (Å²) < 4.78 is 0. The molecule has 3 heteroatoms. The molecular formula is C15H24N2O. The Hall–Kier alpha value is -1.06. The van der Waals surface area contributed by atoms with E-state index in [1.54, 1.807) is 6.07 Å². The number of aromatic hydroxyl groups is 1. The highest BCUT2D eigenvalue weighted by Crippen LogP contribution is 2.31. The van der Waals surface area contributed by atoms with E-state index < -0.39 is 0 Å². The van der Waals surface area contributed by atoms with Gasteiger partial charge in [-0.3, -0.25) is 0 Å². The van der Waals surface area contributed by atoms with Gasteiger partial charge in [-0.05, 0) is 63.5 Å². The smallest absolute Gasteiger partial charge is 0.115 e. The first kappa shape index (κ1) is 13.4. The molecule has 18 heavy (non-hydrogen) atoms. The van der Waals surface area contributed by atoms with Crippen LogP contribution in [0.5, 0.6) is 5.75 Å². The van der Waals surface area contributed by atoms with Crippen LogP contribution in [0.1, 0.15) is 36.9 Å². The minimum atomic E-state index is 0.385. The summed E-state index contributed by atoms with van der Waals surface area (Å²) in [5.74, 6) is 0.385. The van der Waals surface area contributed by atoms with Crippen molar-refractivity contribution in [1.82, 2.24) is 10.2 Å². The van der Waals surface area contributed by atoms with Crippen LogP contribution in [0.25, 0.3) is 0 Å². The van der Waals surface area contributed by atoms with Crippen LogP contribution in [0.2, 0.25) is 0 Å². The van der Waals surface area contributed by atoms with Crippen molar-refractivity contribution in [1.29, 1.82) is 0 Å². The highest BCUT2D eigenvalue weighted by molar-refractivity contribution is 5.38. The van der Waals surface area contributed by atoms with E-state index in [-0.39, 0.29) is 0 Å². The second-order valence-corrected chi connectivity index (χ2v) is 5.55. The van der Waals surface area contributed by atoms with Gasteiger partial charge in [0.25, 0.3) is 0 Å². The van der Waals surface area contributed by atoms with Crippen LogP contribution in [0, 0.1) is 0 Å². The summed E-state index contributed by atoms with van der Waals surface area (Å²) in [5.41, 5.74) is 2.67. The number of aryl methyl sites for hydroxylation is 1. The summed E-state index contributed by atoms with van der Waals surface area (Å²) >= 11 is 0. The van der Waals surface area contributed by atoms with E-state index >= 15 is 0 Å². The fraction of sp³-hybridized carbons (Fsp3) is 0.600. The zero-order valence-corrected chi connectivity index (χ0v) is 11.6. The van der Waals surface area contributed by atoms with Gasteiger partial charge in [0.15, 0.2) is 0 Å². The number of phenolic OH excluding ortho intramolecular Hbond substituents is 1. The Morgan fingerprint density at radius 1 is 1.44 bits per heavy atom. The number of hydrogen-bond donors (Lipinski definition) is 2. The molecule has 2 rings (SSSR count). The third-order valence-corrected chi connectivity index (χ3v) is 3.98. The van der Waals surface area contributed by atoms with Crippen molar-refractivity contribution in [2.45, 2.75) is 38.3 Å². The maximum atomic E-state index is 9.54. The summed E-state index contributed by atoms with van der Waals surface area (Å²) in [5, 5.41) is 13.2. The van der Waals surface area contributed by atoms with Crippen LogP contribution >= 0.6 is 0 Å². The van der Waals surface area contributed by atoms with E-state index in [0.717, 1.165) is 13.0 Å². The molecule has 0 aromatic heterocycles. The SMILES string of the molecule is CC(CNC1CCCc2cc(O)ccc21)N(C)C. The average molecular weight is 248 g/mol. The van der Waals surface area contributed by atoms with Gasteiger partial charge in [0.1, 0.15) is 5.75 Å². The Morgan fingerprint density at radius 3 is 2.94 bits per heavy atom. The van der Waals surface area contributed by atoms with Crippen LogP contribution in [0.4, 0.5) is 0 Å². The average Bonchev–Trinajstić information content (AvgIpc) is 2.35. The first-order chi connectivity index (χ1) is 8.58. The van der Waals surface area contributed by atoms with E-state index in [4.69, 9.17) is 0 Å². The molecule has 2 N–H and O–H groups in total. The van der Waals surface area contributed by atoms with Crippen LogP contribution in [-0.2, 0) is 6.42 Å². The Kier molecular flexibility index (Phi) is 4.25. The molecule has 0 fully saturated rings. The highest BCUT2D eigenvalue weighted by atomic mass is 16.3. The quantitative estimate of drug-likeness (QED) is 0.858.